The molecule has 1 N–H and O–H groups in total. The zero-order chi connectivity index (χ0) is 26.6. The summed E-state index contributed by atoms with van der Waals surface area (Å²) in [5.74, 6) is -1.27. The molecule has 0 bridgehead atoms. The highest BCUT2D eigenvalue weighted by Crippen LogP contribution is 2.25. The molecule has 0 aliphatic rings. The number of aryl methyl sites for hydroxylation is 2. The Hall–Kier alpha value is -3.48. The number of carbonyl (C=O) groups excluding carboxylic acids is 1. The molecule has 4 aromatic rings. The van der Waals surface area contributed by atoms with E-state index in [0.717, 1.165) is 22.9 Å². The van der Waals surface area contributed by atoms with Gasteiger partial charge in [-0.3, -0.25) is 9.36 Å². The Morgan fingerprint density at radius 3 is 1.97 bits per heavy atom. The van der Waals surface area contributed by atoms with Crippen molar-refractivity contribution in [3.63, 3.8) is 0 Å². The molecule has 0 spiro atoms. The van der Waals surface area contributed by atoms with E-state index >= 15 is 0 Å². The lowest BCUT2D eigenvalue weighted by atomic mass is 10.2. The molecule has 0 saturated heterocycles. The Labute approximate surface area is 219 Å². The van der Waals surface area contributed by atoms with E-state index in [1.807, 2.05) is 19.9 Å². The summed E-state index contributed by atoms with van der Waals surface area (Å²) in [5.41, 5.74) is 2.44. The first-order chi connectivity index (χ1) is 17.5. The van der Waals surface area contributed by atoms with Gasteiger partial charge in [-0.25, -0.2) is 21.6 Å². The van der Waals surface area contributed by atoms with E-state index in [-0.39, 0.29) is 26.5 Å². The predicted molar refractivity (Wildman–Crippen MR) is 141 cm³/mol. The Balaban J connectivity index is 1.56. The number of nitrogens with one attached hydrogen (secondary N) is 1. The Morgan fingerprint density at radius 2 is 1.38 bits per heavy atom. The summed E-state index contributed by atoms with van der Waals surface area (Å²) in [5, 5.41) is 8.45. The Morgan fingerprint density at radius 1 is 0.811 bits per heavy atom. The fraction of sp³-hybridized carbons (Fsp3) is 0.160. The molecule has 0 atom stereocenters. The molecule has 1 amide bonds. The number of hydrogen-bond acceptors (Lipinski definition) is 8. The van der Waals surface area contributed by atoms with E-state index in [0.29, 0.717) is 5.69 Å². The van der Waals surface area contributed by atoms with Crippen LogP contribution < -0.4 is 4.72 Å². The van der Waals surface area contributed by atoms with Gasteiger partial charge in [0.25, 0.3) is 10.0 Å². The first kappa shape index (κ1) is 26.6. The number of hydrogen-bond donors (Lipinski definition) is 1. The topological polar surface area (TPSA) is 128 Å². The number of carbonyl (C=O) groups is 1. The summed E-state index contributed by atoms with van der Waals surface area (Å²) in [4.78, 5) is 12.6. The van der Waals surface area contributed by atoms with Crippen LogP contribution in [0, 0.1) is 13.8 Å². The summed E-state index contributed by atoms with van der Waals surface area (Å²) in [6.07, 6.45) is 0. The van der Waals surface area contributed by atoms with Crippen LogP contribution in [0.2, 0.25) is 0 Å². The number of sulfone groups is 1. The molecular weight excluding hydrogens is 532 g/mol. The van der Waals surface area contributed by atoms with Crippen LogP contribution in [0.4, 0.5) is 0 Å². The summed E-state index contributed by atoms with van der Waals surface area (Å²) in [6.45, 7) is 3.70. The molecule has 0 unspecified atom stereocenters. The van der Waals surface area contributed by atoms with Crippen LogP contribution >= 0.6 is 11.8 Å². The van der Waals surface area contributed by atoms with Gasteiger partial charge < -0.3 is 0 Å². The number of para-hydroxylation sites is 1. The summed E-state index contributed by atoms with van der Waals surface area (Å²) >= 11 is 0.951. The summed E-state index contributed by atoms with van der Waals surface area (Å²) in [7, 11) is -7.76. The van der Waals surface area contributed by atoms with E-state index < -0.39 is 31.5 Å². The minimum Gasteiger partial charge on any atom is -0.273 e. The van der Waals surface area contributed by atoms with Gasteiger partial charge in [-0.2, -0.15) is 0 Å². The van der Waals surface area contributed by atoms with Gasteiger partial charge in [0.15, 0.2) is 20.8 Å². The lowest BCUT2D eigenvalue weighted by Gasteiger charge is -2.11. The van der Waals surface area contributed by atoms with E-state index in [1.54, 1.807) is 65.2 Å². The number of nitrogens with zero attached hydrogens (tertiary/aromatic N) is 3. The first-order valence-electron chi connectivity index (χ1n) is 11.1. The van der Waals surface area contributed by atoms with Crippen molar-refractivity contribution in [2.75, 3.05) is 5.75 Å². The van der Waals surface area contributed by atoms with Gasteiger partial charge in [0.05, 0.1) is 15.5 Å². The Kier molecular flexibility index (Phi) is 7.81. The second-order valence-corrected chi connectivity index (χ2v) is 12.9. The minimum absolute atomic E-state index is 0.0208. The van der Waals surface area contributed by atoms with E-state index in [1.165, 1.54) is 12.1 Å². The molecule has 1 heterocycles. The number of benzene rings is 3. The summed E-state index contributed by atoms with van der Waals surface area (Å²) < 4.78 is 54.8. The van der Waals surface area contributed by atoms with Gasteiger partial charge in [-0.05, 0) is 50.2 Å². The fourth-order valence-electron chi connectivity index (χ4n) is 3.41. The van der Waals surface area contributed by atoms with Gasteiger partial charge in [-0.1, -0.05) is 65.4 Å². The molecule has 12 heteroatoms. The maximum absolute atomic E-state index is 13.1. The van der Waals surface area contributed by atoms with Crippen LogP contribution in [-0.4, -0.2) is 43.3 Å². The smallest absolute Gasteiger partial charge is 0.264 e. The van der Waals surface area contributed by atoms with Crippen LogP contribution in [-0.2, 0) is 30.4 Å². The highest BCUT2D eigenvalue weighted by Gasteiger charge is 2.24. The molecule has 0 aliphatic carbocycles. The quantitative estimate of drug-likeness (QED) is 0.311. The molecule has 4 rings (SSSR count). The molecule has 37 heavy (non-hydrogen) atoms. The SMILES string of the molecule is Cc1ccc(S(=O)(=O)Cc2nnc(SCC(=O)NS(=O)(=O)c3ccc(C)cc3)n2-c2ccccc2)cc1. The minimum atomic E-state index is -4.03. The molecule has 9 nitrogen and oxygen atoms in total. The highest BCUT2D eigenvalue weighted by atomic mass is 32.2. The van der Waals surface area contributed by atoms with Gasteiger partial charge in [-0.15, -0.1) is 10.2 Å². The summed E-state index contributed by atoms with van der Waals surface area (Å²) in [6, 6.07) is 21.6. The molecule has 1 aromatic heterocycles. The van der Waals surface area contributed by atoms with Crippen molar-refractivity contribution in [3.8, 4) is 5.69 Å². The molecule has 0 saturated carbocycles. The van der Waals surface area contributed by atoms with Crippen molar-refractivity contribution in [2.24, 2.45) is 0 Å². The third-order valence-corrected chi connectivity index (χ3v) is 9.27. The molecule has 0 fully saturated rings. The predicted octanol–water partition coefficient (Wildman–Crippen LogP) is 3.46. The molecular formula is C25H24N4O5S3. The van der Waals surface area contributed by atoms with Crippen molar-refractivity contribution in [1.82, 2.24) is 19.5 Å². The van der Waals surface area contributed by atoms with E-state index in [4.69, 9.17) is 0 Å². The third kappa shape index (κ3) is 6.45. The van der Waals surface area contributed by atoms with Crippen molar-refractivity contribution in [3.05, 3.63) is 95.8 Å². The van der Waals surface area contributed by atoms with Gasteiger partial charge in [0.1, 0.15) is 5.75 Å². The second-order valence-electron chi connectivity index (χ2n) is 8.27. The molecule has 192 valence electrons. The number of sulfonamides is 1. The average molecular weight is 557 g/mol. The van der Waals surface area contributed by atoms with Crippen LogP contribution in [0.15, 0.2) is 93.8 Å². The zero-order valence-electron chi connectivity index (χ0n) is 20.0. The molecule has 0 radical (unpaired) electrons. The van der Waals surface area contributed by atoms with Crippen LogP contribution in [0.1, 0.15) is 17.0 Å². The van der Waals surface area contributed by atoms with Crippen molar-refractivity contribution in [2.45, 2.75) is 34.5 Å². The van der Waals surface area contributed by atoms with Crippen LogP contribution in [0.3, 0.4) is 0 Å². The lowest BCUT2D eigenvalue weighted by molar-refractivity contribution is -0.116. The van der Waals surface area contributed by atoms with Gasteiger partial charge in [0.2, 0.25) is 5.91 Å². The number of aromatic nitrogens is 3. The highest BCUT2D eigenvalue weighted by molar-refractivity contribution is 8.00. The number of amides is 1. The van der Waals surface area contributed by atoms with Crippen LogP contribution in [0.25, 0.3) is 5.69 Å². The maximum Gasteiger partial charge on any atom is 0.264 e. The monoisotopic (exact) mass is 556 g/mol. The van der Waals surface area contributed by atoms with Crippen molar-refractivity contribution in [1.29, 1.82) is 0 Å². The van der Waals surface area contributed by atoms with E-state index in [2.05, 4.69) is 14.9 Å². The maximum atomic E-state index is 13.1. The van der Waals surface area contributed by atoms with E-state index in [9.17, 15) is 21.6 Å². The normalized spacial score (nSPS) is 11.8. The van der Waals surface area contributed by atoms with Crippen molar-refractivity contribution < 1.29 is 21.6 Å². The number of thioether (sulfide) groups is 1. The zero-order valence-corrected chi connectivity index (χ0v) is 22.5. The van der Waals surface area contributed by atoms with Gasteiger partial charge in [0, 0.05) is 5.69 Å². The van der Waals surface area contributed by atoms with Crippen molar-refractivity contribution >= 4 is 37.5 Å². The molecule has 0 aliphatic heterocycles. The first-order valence-corrected chi connectivity index (χ1v) is 15.2. The average Bonchev–Trinajstić information content (AvgIpc) is 3.25. The molecule has 3 aromatic carbocycles. The largest absolute Gasteiger partial charge is 0.273 e. The standard InChI is InChI=1S/C25H24N4O5S3/c1-18-8-12-21(13-9-18)36(31,32)17-23-26-27-25(29(23)20-6-4-3-5-7-20)35-16-24(30)28-37(33,34)22-14-10-19(2)11-15-22/h3-15H,16-17H2,1-2H3,(H,28,30). The lowest BCUT2D eigenvalue weighted by Crippen LogP contribution is -2.32. The second kappa shape index (κ2) is 10.9. The Bertz CT molecular complexity index is 1620. The van der Waals surface area contributed by atoms with Gasteiger partial charge >= 0.3 is 0 Å². The fourth-order valence-corrected chi connectivity index (χ4v) is 6.50. The third-order valence-electron chi connectivity index (χ3n) is 5.33. The van der Waals surface area contributed by atoms with Crippen LogP contribution in [0.5, 0.6) is 0 Å². The number of rotatable bonds is 9.